The van der Waals surface area contributed by atoms with Crippen molar-refractivity contribution in [3.05, 3.63) is 65.0 Å². The van der Waals surface area contributed by atoms with Gasteiger partial charge in [0.15, 0.2) is 21.4 Å². The summed E-state index contributed by atoms with van der Waals surface area (Å²) in [6.07, 6.45) is 0. The first-order chi connectivity index (χ1) is 12.7. The summed E-state index contributed by atoms with van der Waals surface area (Å²) < 4.78 is 43.0. The van der Waals surface area contributed by atoms with E-state index in [1.807, 2.05) is 6.07 Å². The third kappa shape index (κ3) is 5.79. The summed E-state index contributed by atoms with van der Waals surface area (Å²) >= 11 is 0. The van der Waals surface area contributed by atoms with Gasteiger partial charge in [0.25, 0.3) is 0 Å². The maximum absolute atomic E-state index is 13.8. The predicted molar refractivity (Wildman–Crippen MR) is 98.2 cm³/mol. The molecule has 1 unspecified atom stereocenters. The molecule has 6 nitrogen and oxygen atoms in total. The number of hydrogen-bond acceptors (Lipinski definition) is 5. The molecule has 2 aromatic carbocycles. The summed E-state index contributed by atoms with van der Waals surface area (Å²) in [5.41, 5.74) is 1.41. The normalized spacial score (nSPS) is 12.1. The van der Waals surface area contributed by atoms with Crippen molar-refractivity contribution >= 4 is 15.7 Å². The summed E-state index contributed by atoms with van der Waals surface area (Å²) in [4.78, 5) is 12.1. The third-order valence-electron chi connectivity index (χ3n) is 3.87. The zero-order valence-corrected chi connectivity index (χ0v) is 15.7. The number of carbonyl (C=O) groups is 1. The van der Waals surface area contributed by atoms with E-state index in [1.165, 1.54) is 43.5 Å². The number of carbonyl (C=O) groups excluding carboxylic acids is 1. The number of nitrogens with one attached hydrogen (secondary N) is 1. The van der Waals surface area contributed by atoms with E-state index in [4.69, 9.17) is 10.00 Å². The Labute approximate surface area is 157 Å². The van der Waals surface area contributed by atoms with Gasteiger partial charge in [-0.05, 0) is 42.3 Å². The highest BCUT2D eigenvalue weighted by Crippen LogP contribution is 2.21. The van der Waals surface area contributed by atoms with Crippen molar-refractivity contribution in [3.63, 3.8) is 0 Å². The van der Waals surface area contributed by atoms with Gasteiger partial charge in [0, 0.05) is 0 Å². The van der Waals surface area contributed by atoms with Crippen molar-refractivity contribution in [1.29, 1.82) is 5.26 Å². The summed E-state index contributed by atoms with van der Waals surface area (Å²) in [6, 6.07) is 11.8. The van der Waals surface area contributed by atoms with Gasteiger partial charge >= 0.3 is 0 Å². The van der Waals surface area contributed by atoms with Crippen LogP contribution in [-0.2, 0) is 20.4 Å². The Morgan fingerprint density at radius 1 is 1.26 bits per heavy atom. The monoisotopic (exact) mass is 390 g/mol. The highest BCUT2D eigenvalue weighted by molar-refractivity contribution is 7.91. The Kier molecular flexibility index (Phi) is 6.53. The molecular formula is C19H19FN2O4S. The highest BCUT2D eigenvalue weighted by Gasteiger charge is 2.20. The standard InChI is InChI=1S/C19H19FN2O4S/c1-13(16-7-8-18(26-2)17(20)9-16)22-19(23)12-27(24,25)11-15-5-3-14(10-21)4-6-15/h3-9,13H,11-12H2,1-2H3,(H,22,23). The number of amides is 1. The molecule has 2 rings (SSSR count). The number of benzene rings is 2. The number of rotatable bonds is 7. The lowest BCUT2D eigenvalue weighted by molar-refractivity contribution is -0.119. The highest BCUT2D eigenvalue weighted by atomic mass is 32.2. The Hall–Kier alpha value is -2.92. The lowest BCUT2D eigenvalue weighted by Gasteiger charge is -2.15. The molecule has 142 valence electrons. The number of sulfone groups is 1. The second kappa shape index (κ2) is 8.64. The van der Waals surface area contributed by atoms with Crippen LogP contribution in [0.1, 0.15) is 29.7 Å². The summed E-state index contributed by atoms with van der Waals surface area (Å²) in [7, 11) is -2.34. The molecule has 27 heavy (non-hydrogen) atoms. The molecule has 0 saturated heterocycles. The summed E-state index contributed by atoms with van der Waals surface area (Å²) in [5, 5.41) is 11.3. The van der Waals surface area contributed by atoms with Crippen molar-refractivity contribution in [2.45, 2.75) is 18.7 Å². The van der Waals surface area contributed by atoms with Crippen LogP contribution in [0.15, 0.2) is 42.5 Å². The van der Waals surface area contributed by atoms with Gasteiger partial charge in [-0.25, -0.2) is 12.8 Å². The molecule has 1 N–H and O–H groups in total. The van der Waals surface area contributed by atoms with E-state index in [0.717, 1.165) is 0 Å². The SMILES string of the molecule is COc1ccc(C(C)NC(=O)CS(=O)(=O)Cc2ccc(C#N)cc2)cc1F. The van der Waals surface area contributed by atoms with Crippen molar-refractivity contribution in [3.8, 4) is 11.8 Å². The fourth-order valence-electron chi connectivity index (χ4n) is 2.50. The first-order valence-corrected chi connectivity index (χ1v) is 9.88. The van der Waals surface area contributed by atoms with Gasteiger partial charge in [-0.2, -0.15) is 5.26 Å². The molecule has 0 fully saturated rings. The van der Waals surface area contributed by atoms with E-state index in [-0.39, 0.29) is 11.5 Å². The van der Waals surface area contributed by atoms with Crippen LogP contribution in [0.5, 0.6) is 5.75 Å². The van der Waals surface area contributed by atoms with Gasteiger partial charge < -0.3 is 10.1 Å². The topological polar surface area (TPSA) is 96.3 Å². The van der Waals surface area contributed by atoms with E-state index in [9.17, 15) is 17.6 Å². The van der Waals surface area contributed by atoms with Crippen molar-refractivity contribution in [1.82, 2.24) is 5.32 Å². The van der Waals surface area contributed by atoms with Gasteiger partial charge in [0.1, 0.15) is 5.75 Å². The molecule has 0 spiro atoms. The maximum atomic E-state index is 13.8. The van der Waals surface area contributed by atoms with Crippen molar-refractivity contribution in [2.24, 2.45) is 0 Å². The van der Waals surface area contributed by atoms with Crippen LogP contribution in [0.3, 0.4) is 0 Å². The van der Waals surface area contributed by atoms with E-state index >= 15 is 0 Å². The first-order valence-electron chi connectivity index (χ1n) is 8.06. The molecule has 0 heterocycles. The number of ether oxygens (including phenoxy) is 1. The third-order valence-corrected chi connectivity index (χ3v) is 5.35. The summed E-state index contributed by atoms with van der Waals surface area (Å²) in [6.45, 7) is 1.63. The van der Waals surface area contributed by atoms with Crippen LogP contribution < -0.4 is 10.1 Å². The summed E-state index contributed by atoms with van der Waals surface area (Å²) in [5.74, 6) is -2.15. The van der Waals surface area contributed by atoms with Crippen LogP contribution in [0.25, 0.3) is 0 Å². The Morgan fingerprint density at radius 2 is 1.93 bits per heavy atom. The van der Waals surface area contributed by atoms with Crippen molar-refractivity contribution in [2.75, 3.05) is 12.9 Å². The van der Waals surface area contributed by atoms with E-state index in [0.29, 0.717) is 16.7 Å². The van der Waals surface area contributed by atoms with Gasteiger partial charge in [-0.1, -0.05) is 18.2 Å². The zero-order valence-electron chi connectivity index (χ0n) is 14.9. The fourth-order valence-corrected chi connectivity index (χ4v) is 3.78. The number of hydrogen-bond donors (Lipinski definition) is 1. The van der Waals surface area contributed by atoms with Crippen molar-refractivity contribution < 1.29 is 22.3 Å². The number of halogens is 1. The molecule has 1 amide bonds. The lowest BCUT2D eigenvalue weighted by Crippen LogP contribution is -2.32. The largest absolute Gasteiger partial charge is 0.494 e. The number of nitriles is 1. The predicted octanol–water partition coefficient (Wildman–Crippen LogP) is 2.50. The van der Waals surface area contributed by atoms with Crippen LogP contribution in [-0.4, -0.2) is 27.2 Å². The minimum absolute atomic E-state index is 0.0854. The van der Waals surface area contributed by atoms with Gasteiger partial charge in [-0.15, -0.1) is 0 Å². The average Bonchev–Trinajstić information content (AvgIpc) is 2.61. The molecular weight excluding hydrogens is 371 g/mol. The molecule has 0 radical (unpaired) electrons. The smallest absolute Gasteiger partial charge is 0.235 e. The minimum atomic E-state index is -3.69. The lowest BCUT2D eigenvalue weighted by atomic mass is 10.1. The van der Waals surface area contributed by atoms with E-state index in [2.05, 4.69) is 5.32 Å². The average molecular weight is 390 g/mol. The molecule has 0 aliphatic carbocycles. The molecule has 0 aliphatic rings. The Balaban J connectivity index is 1.98. The van der Waals surface area contributed by atoms with Gasteiger partial charge in [0.05, 0.1) is 30.5 Å². The molecule has 2 aromatic rings. The molecule has 0 aromatic heterocycles. The molecule has 0 aliphatic heterocycles. The Morgan fingerprint density at radius 3 is 2.48 bits per heavy atom. The van der Waals surface area contributed by atoms with Gasteiger partial charge in [0.2, 0.25) is 5.91 Å². The molecule has 1 atom stereocenters. The van der Waals surface area contributed by atoms with Crippen LogP contribution >= 0.6 is 0 Å². The fraction of sp³-hybridized carbons (Fsp3) is 0.263. The maximum Gasteiger partial charge on any atom is 0.235 e. The minimum Gasteiger partial charge on any atom is -0.494 e. The first kappa shape index (κ1) is 20.4. The zero-order chi connectivity index (χ0) is 20.0. The van der Waals surface area contributed by atoms with E-state index in [1.54, 1.807) is 13.0 Å². The van der Waals surface area contributed by atoms with Crippen LogP contribution in [0, 0.1) is 17.1 Å². The molecule has 0 saturated carbocycles. The quantitative estimate of drug-likeness (QED) is 0.784. The van der Waals surface area contributed by atoms with Gasteiger partial charge in [-0.3, -0.25) is 4.79 Å². The number of methoxy groups -OCH3 is 1. The van der Waals surface area contributed by atoms with Crippen LogP contribution in [0.2, 0.25) is 0 Å². The second-order valence-electron chi connectivity index (χ2n) is 6.02. The second-order valence-corrected chi connectivity index (χ2v) is 8.09. The molecule has 0 bridgehead atoms. The Bertz CT molecular complexity index is 966. The molecule has 8 heteroatoms. The number of nitrogens with zero attached hydrogens (tertiary/aromatic N) is 1. The van der Waals surface area contributed by atoms with Crippen LogP contribution in [0.4, 0.5) is 4.39 Å². The van der Waals surface area contributed by atoms with E-state index < -0.39 is 33.4 Å².